The minimum absolute atomic E-state index is 0.0759. The van der Waals surface area contributed by atoms with Gasteiger partial charge in [0.25, 0.3) is 0 Å². The van der Waals surface area contributed by atoms with Crippen LogP contribution in [-0.2, 0) is 16.2 Å². The second-order valence-electron chi connectivity index (χ2n) is 7.67. The van der Waals surface area contributed by atoms with Gasteiger partial charge in [-0.05, 0) is 60.4 Å². The number of carbonyl (C=O) groups excluding carboxylic acids is 1. The van der Waals surface area contributed by atoms with E-state index in [4.69, 9.17) is 9.57 Å². The molecule has 1 amide bonds. The van der Waals surface area contributed by atoms with Crippen molar-refractivity contribution in [3.63, 3.8) is 0 Å². The van der Waals surface area contributed by atoms with E-state index >= 15 is 0 Å². The maximum absolute atomic E-state index is 13.6. The summed E-state index contributed by atoms with van der Waals surface area (Å²) in [7, 11) is 1.63. The Balaban J connectivity index is 1.42. The number of carbonyl (C=O) groups is 1. The predicted molar refractivity (Wildman–Crippen MR) is 108 cm³/mol. The third kappa shape index (κ3) is 4.58. The molecule has 0 saturated heterocycles. The Hall–Kier alpha value is -2.89. The highest BCUT2D eigenvalue weighted by atomic mass is 19.1. The third-order valence-corrected chi connectivity index (χ3v) is 5.61. The highest BCUT2D eigenvalue weighted by molar-refractivity contribution is 6.01. The van der Waals surface area contributed by atoms with Gasteiger partial charge in [0.1, 0.15) is 11.6 Å². The van der Waals surface area contributed by atoms with Crippen molar-refractivity contribution in [1.29, 1.82) is 0 Å². The number of ether oxygens (including phenoxy) is 1. The molecule has 4 rings (SSSR count). The van der Waals surface area contributed by atoms with Crippen LogP contribution in [0.1, 0.15) is 36.8 Å². The first-order valence-electron chi connectivity index (χ1n) is 10.0. The van der Waals surface area contributed by atoms with Gasteiger partial charge in [-0.3, -0.25) is 4.79 Å². The number of amides is 1. The Morgan fingerprint density at radius 2 is 2.03 bits per heavy atom. The fourth-order valence-electron chi connectivity index (χ4n) is 3.73. The SMILES string of the molecule is COc1ccc(C2=NO[C@@H](CN(Cc3cccc(F)c3)C(=O)C3CCC3)C2)cc1. The van der Waals surface area contributed by atoms with Gasteiger partial charge >= 0.3 is 0 Å². The number of oxime groups is 1. The first kappa shape index (κ1) is 19.4. The molecule has 0 unspecified atom stereocenters. The molecule has 6 heteroatoms. The van der Waals surface area contributed by atoms with Crippen molar-refractivity contribution in [3.05, 3.63) is 65.5 Å². The molecule has 0 bridgehead atoms. The molecule has 1 atom stereocenters. The molecule has 1 aliphatic heterocycles. The standard InChI is InChI=1S/C23H25FN2O3/c1-28-20-10-8-17(9-11-20)22-13-21(29-25-22)15-26(23(27)18-5-3-6-18)14-16-4-2-7-19(24)12-16/h2,4,7-12,18,21H,3,5-6,13-15H2,1H3/t21-/m1/s1. The topological polar surface area (TPSA) is 51.1 Å². The van der Waals surface area contributed by atoms with Crippen molar-refractivity contribution in [2.45, 2.75) is 38.3 Å². The zero-order valence-corrected chi connectivity index (χ0v) is 16.5. The number of halogens is 1. The van der Waals surface area contributed by atoms with Gasteiger partial charge in [-0.2, -0.15) is 0 Å². The van der Waals surface area contributed by atoms with Gasteiger partial charge in [0.05, 0.1) is 19.4 Å². The van der Waals surface area contributed by atoms with Crippen molar-refractivity contribution in [2.75, 3.05) is 13.7 Å². The lowest BCUT2D eigenvalue weighted by molar-refractivity contribution is -0.140. The lowest BCUT2D eigenvalue weighted by atomic mass is 9.84. The van der Waals surface area contributed by atoms with Crippen LogP contribution >= 0.6 is 0 Å². The van der Waals surface area contributed by atoms with Crippen molar-refractivity contribution in [1.82, 2.24) is 4.90 Å². The van der Waals surface area contributed by atoms with E-state index in [0.29, 0.717) is 19.5 Å². The summed E-state index contributed by atoms with van der Waals surface area (Å²) >= 11 is 0. The van der Waals surface area contributed by atoms with Crippen LogP contribution in [0.3, 0.4) is 0 Å². The Bertz CT molecular complexity index is 893. The maximum Gasteiger partial charge on any atom is 0.226 e. The van der Waals surface area contributed by atoms with Crippen LogP contribution in [0.25, 0.3) is 0 Å². The molecule has 0 aromatic heterocycles. The van der Waals surface area contributed by atoms with Gasteiger partial charge in [-0.15, -0.1) is 0 Å². The molecule has 152 valence electrons. The summed E-state index contributed by atoms with van der Waals surface area (Å²) < 4.78 is 18.8. The minimum Gasteiger partial charge on any atom is -0.497 e. The van der Waals surface area contributed by atoms with Crippen LogP contribution in [0.5, 0.6) is 5.75 Å². The zero-order chi connectivity index (χ0) is 20.2. The predicted octanol–water partition coefficient (Wildman–Crippen LogP) is 4.16. The van der Waals surface area contributed by atoms with Gasteiger partial charge < -0.3 is 14.5 Å². The molecule has 2 aromatic carbocycles. The molecule has 1 saturated carbocycles. The molecule has 0 radical (unpaired) electrons. The van der Waals surface area contributed by atoms with Crippen molar-refractivity contribution in [2.24, 2.45) is 11.1 Å². The summed E-state index contributed by atoms with van der Waals surface area (Å²) in [6.07, 6.45) is 3.37. The zero-order valence-electron chi connectivity index (χ0n) is 16.5. The molecule has 1 fully saturated rings. The summed E-state index contributed by atoms with van der Waals surface area (Å²) in [5, 5.41) is 4.23. The number of methoxy groups -OCH3 is 1. The first-order chi connectivity index (χ1) is 14.1. The molecule has 1 aliphatic carbocycles. The summed E-state index contributed by atoms with van der Waals surface area (Å²) in [5.74, 6) is 0.701. The Kier molecular flexibility index (Phi) is 5.79. The normalized spacial score (nSPS) is 18.6. The van der Waals surface area contributed by atoms with E-state index in [0.717, 1.165) is 41.9 Å². The maximum atomic E-state index is 13.6. The second-order valence-corrected chi connectivity index (χ2v) is 7.67. The van der Waals surface area contributed by atoms with Crippen molar-refractivity contribution in [3.8, 4) is 5.75 Å². The van der Waals surface area contributed by atoms with Crippen LogP contribution in [0.4, 0.5) is 4.39 Å². The van der Waals surface area contributed by atoms with Crippen molar-refractivity contribution < 1.29 is 18.8 Å². The second kappa shape index (κ2) is 8.64. The molecule has 0 N–H and O–H groups in total. The van der Waals surface area contributed by atoms with Crippen LogP contribution in [0.2, 0.25) is 0 Å². The Labute approximate surface area is 170 Å². The fraction of sp³-hybridized carbons (Fsp3) is 0.391. The molecule has 2 aliphatic rings. The number of benzene rings is 2. The fourth-order valence-corrected chi connectivity index (χ4v) is 3.73. The van der Waals surface area contributed by atoms with Crippen LogP contribution < -0.4 is 4.74 Å². The highest BCUT2D eigenvalue weighted by Gasteiger charge is 2.33. The lowest BCUT2D eigenvalue weighted by Gasteiger charge is -2.32. The van der Waals surface area contributed by atoms with E-state index in [1.165, 1.54) is 12.1 Å². The molecule has 29 heavy (non-hydrogen) atoms. The number of nitrogens with zero attached hydrogens (tertiary/aromatic N) is 2. The number of hydrogen-bond acceptors (Lipinski definition) is 4. The minimum atomic E-state index is -0.291. The van der Waals surface area contributed by atoms with Crippen LogP contribution in [0.15, 0.2) is 53.7 Å². The van der Waals surface area contributed by atoms with Crippen LogP contribution in [0, 0.1) is 11.7 Å². The quantitative estimate of drug-likeness (QED) is 0.706. The average Bonchev–Trinajstić information content (AvgIpc) is 3.15. The van der Waals surface area contributed by atoms with E-state index in [1.807, 2.05) is 30.3 Å². The van der Waals surface area contributed by atoms with Gasteiger partial charge in [-0.1, -0.05) is 23.7 Å². The van der Waals surface area contributed by atoms with E-state index in [-0.39, 0.29) is 23.7 Å². The molecular weight excluding hydrogens is 371 g/mol. The van der Waals surface area contributed by atoms with E-state index in [9.17, 15) is 9.18 Å². The third-order valence-electron chi connectivity index (χ3n) is 5.61. The summed E-state index contributed by atoms with van der Waals surface area (Å²) in [6.45, 7) is 0.819. The average molecular weight is 396 g/mol. The lowest BCUT2D eigenvalue weighted by Crippen LogP contribution is -2.42. The van der Waals surface area contributed by atoms with Gasteiger partial charge in [0, 0.05) is 18.9 Å². The van der Waals surface area contributed by atoms with Crippen LogP contribution in [-0.4, -0.2) is 36.3 Å². The number of rotatable bonds is 7. The molecular formula is C23H25FN2O3. The molecule has 0 spiro atoms. The van der Waals surface area contributed by atoms with Gasteiger partial charge in [0.2, 0.25) is 5.91 Å². The Morgan fingerprint density at radius 3 is 2.69 bits per heavy atom. The van der Waals surface area contributed by atoms with E-state index in [2.05, 4.69) is 5.16 Å². The summed E-state index contributed by atoms with van der Waals surface area (Å²) in [6, 6.07) is 14.1. The smallest absolute Gasteiger partial charge is 0.226 e. The number of hydrogen-bond donors (Lipinski definition) is 0. The van der Waals surface area contributed by atoms with E-state index < -0.39 is 0 Å². The molecule has 5 nitrogen and oxygen atoms in total. The van der Waals surface area contributed by atoms with Gasteiger partial charge in [0.15, 0.2) is 6.10 Å². The van der Waals surface area contributed by atoms with Crippen molar-refractivity contribution >= 4 is 11.6 Å². The summed E-state index contributed by atoms with van der Waals surface area (Å²) in [4.78, 5) is 20.4. The molecule has 1 heterocycles. The highest BCUT2D eigenvalue weighted by Crippen LogP contribution is 2.30. The van der Waals surface area contributed by atoms with E-state index in [1.54, 1.807) is 18.1 Å². The summed E-state index contributed by atoms with van der Waals surface area (Å²) in [5.41, 5.74) is 2.63. The first-order valence-corrected chi connectivity index (χ1v) is 10.0. The van der Waals surface area contributed by atoms with Gasteiger partial charge in [-0.25, -0.2) is 4.39 Å². The largest absolute Gasteiger partial charge is 0.497 e. The Morgan fingerprint density at radius 1 is 1.24 bits per heavy atom. The monoisotopic (exact) mass is 396 g/mol. The molecule has 2 aromatic rings.